The van der Waals surface area contributed by atoms with Gasteiger partial charge in [-0.2, -0.15) is 0 Å². The fourth-order valence-corrected chi connectivity index (χ4v) is 4.43. The van der Waals surface area contributed by atoms with E-state index in [1.165, 1.54) is 18.2 Å². The normalized spacial score (nSPS) is 19.9. The molecule has 1 aliphatic rings. The van der Waals surface area contributed by atoms with Crippen LogP contribution in [-0.2, 0) is 11.3 Å². The molecule has 1 aromatic carbocycles. The Balaban J connectivity index is 1.74. The average molecular weight is 390 g/mol. The zero-order valence-corrected chi connectivity index (χ0v) is 16.5. The third kappa shape index (κ3) is 4.90. The summed E-state index contributed by atoms with van der Waals surface area (Å²) in [6, 6.07) is 7.46. The van der Waals surface area contributed by atoms with E-state index < -0.39 is 0 Å². The van der Waals surface area contributed by atoms with Crippen LogP contribution < -0.4 is 10.9 Å². The van der Waals surface area contributed by atoms with E-state index in [1.807, 2.05) is 12.1 Å². The number of amides is 1. The predicted octanol–water partition coefficient (Wildman–Crippen LogP) is 2.57. The summed E-state index contributed by atoms with van der Waals surface area (Å²) in [7, 11) is 0. The van der Waals surface area contributed by atoms with E-state index in [0.717, 1.165) is 19.3 Å². The summed E-state index contributed by atoms with van der Waals surface area (Å²) in [6.07, 6.45) is 5.06. The zero-order valence-electron chi connectivity index (χ0n) is 15.7. The lowest BCUT2D eigenvalue weighted by molar-refractivity contribution is -0.119. The molecule has 0 saturated heterocycles. The van der Waals surface area contributed by atoms with E-state index >= 15 is 0 Å². The summed E-state index contributed by atoms with van der Waals surface area (Å²) < 4.78 is 1.57. The first-order valence-electron chi connectivity index (χ1n) is 9.62. The van der Waals surface area contributed by atoms with Crippen molar-refractivity contribution in [3.63, 3.8) is 0 Å². The van der Waals surface area contributed by atoms with Crippen LogP contribution in [0.1, 0.15) is 39.0 Å². The fraction of sp³-hybridized carbons (Fsp3) is 0.550. The number of hydrogen-bond acceptors (Lipinski definition) is 5. The molecule has 2 unspecified atom stereocenters. The first-order valence-corrected chi connectivity index (χ1v) is 10.6. The molecule has 3 rings (SSSR count). The largest absolute Gasteiger partial charge is 0.396 e. The lowest BCUT2D eigenvalue weighted by atomic mass is 9.86. The van der Waals surface area contributed by atoms with Gasteiger partial charge in [-0.3, -0.25) is 14.2 Å². The molecule has 6 nitrogen and oxygen atoms in total. The molecular formula is C20H27N3O3S. The van der Waals surface area contributed by atoms with Crippen molar-refractivity contribution in [2.75, 3.05) is 12.4 Å². The molecule has 1 amide bonds. The van der Waals surface area contributed by atoms with Gasteiger partial charge in [-0.1, -0.05) is 43.7 Å². The number of rotatable bonds is 7. The van der Waals surface area contributed by atoms with E-state index in [2.05, 4.69) is 17.2 Å². The Morgan fingerprint density at radius 2 is 2.11 bits per heavy atom. The zero-order chi connectivity index (χ0) is 19.2. The van der Waals surface area contributed by atoms with Crippen molar-refractivity contribution in [2.24, 2.45) is 5.92 Å². The molecule has 2 aromatic rings. The molecule has 7 heteroatoms. The van der Waals surface area contributed by atoms with Crippen LogP contribution in [0, 0.1) is 5.92 Å². The van der Waals surface area contributed by atoms with Crippen LogP contribution in [0.15, 0.2) is 34.2 Å². The Morgan fingerprint density at radius 1 is 1.33 bits per heavy atom. The number of carbonyl (C=O) groups excluding carboxylic acids is 1. The highest BCUT2D eigenvalue weighted by Crippen LogP contribution is 2.24. The molecule has 0 bridgehead atoms. The van der Waals surface area contributed by atoms with E-state index in [-0.39, 0.29) is 29.9 Å². The molecular weight excluding hydrogens is 362 g/mol. The quantitative estimate of drug-likeness (QED) is 0.562. The summed E-state index contributed by atoms with van der Waals surface area (Å²) in [5.74, 6) is 0.719. The van der Waals surface area contributed by atoms with Crippen LogP contribution >= 0.6 is 11.8 Å². The molecule has 0 aliphatic heterocycles. The van der Waals surface area contributed by atoms with Gasteiger partial charge in [-0.15, -0.1) is 0 Å². The molecule has 0 spiro atoms. The van der Waals surface area contributed by atoms with Crippen LogP contribution in [-0.4, -0.2) is 39.0 Å². The molecule has 27 heavy (non-hydrogen) atoms. The van der Waals surface area contributed by atoms with Gasteiger partial charge in [-0.25, -0.2) is 4.98 Å². The van der Waals surface area contributed by atoms with Crippen molar-refractivity contribution in [1.29, 1.82) is 0 Å². The highest BCUT2D eigenvalue weighted by molar-refractivity contribution is 7.99. The van der Waals surface area contributed by atoms with Gasteiger partial charge in [0.05, 0.1) is 16.7 Å². The molecule has 0 radical (unpaired) electrons. The number of hydrogen-bond donors (Lipinski definition) is 2. The smallest absolute Gasteiger partial charge is 0.262 e. The summed E-state index contributed by atoms with van der Waals surface area (Å²) in [6.45, 7) is 2.58. The van der Waals surface area contributed by atoms with Crippen molar-refractivity contribution < 1.29 is 9.90 Å². The number of aromatic nitrogens is 2. The second-order valence-electron chi connectivity index (χ2n) is 7.17. The Kier molecular flexibility index (Phi) is 6.90. The first-order chi connectivity index (χ1) is 13.1. The molecule has 1 fully saturated rings. The van der Waals surface area contributed by atoms with Crippen molar-refractivity contribution in [2.45, 2.75) is 56.8 Å². The van der Waals surface area contributed by atoms with Crippen LogP contribution in [0.2, 0.25) is 0 Å². The highest BCUT2D eigenvalue weighted by atomic mass is 32.2. The SMILES string of the molecule is CC1CCCCC1NC(=O)CSc1nc2ccccc2c(=O)n1CCCO. The number of nitrogens with one attached hydrogen (secondary N) is 1. The Bertz CT molecular complexity index is 852. The number of aliphatic hydroxyl groups excluding tert-OH is 1. The Hall–Kier alpha value is -1.86. The first kappa shape index (κ1) is 19.9. The van der Waals surface area contributed by atoms with E-state index in [0.29, 0.717) is 34.9 Å². The summed E-state index contributed by atoms with van der Waals surface area (Å²) >= 11 is 1.28. The third-order valence-corrected chi connectivity index (χ3v) is 6.13. The van der Waals surface area contributed by atoms with E-state index in [1.54, 1.807) is 16.7 Å². The number of fused-ring (bicyclic) bond motifs is 1. The minimum Gasteiger partial charge on any atom is -0.396 e. The summed E-state index contributed by atoms with van der Waals surface area (Å²) in [4.78, 5) is 29.8. The van der Waals surface area contributed by atoms with Crippen molar-refractivity contribution in [3.05, 3.63) is 34.6 Å². The maximum Gasteiger partial charge on any atom is 0.262 e. The van der Waals surface area contributed by atoms with Crippen molar-refractivity contribution in [3.8, 4) is 0 Å². The minimum atomic E-state index is -0.127. The fourth-order valence-electron chi connectivity index (χ4n) is 3.59. The lowest BCUT2D eigenvalue weighted by Crippen LogP contribution is -2.42. The van der Waals surface area contributed by atoms with Gasteiger partial charge >= 0.3 is 0 Å². The maximum atomic E-state index is 12.8. The summed E-state index contributed by atoms with van der Waals surface area (Å²) in [5.41, 5.74) is 0.504. The predicted molar refractivity (Wildman–Crippen MR) is 108 cm³/mol. The maximum absolute atomic E-state index is 12.8. The number of carbonyl (C=O) groups is 1. The van der Waals surface area contributed by atoms with Crippen molar-refractivity contribution >= 4 is 28.6 Å². The summed E-state index contributed by atoms with van der Waals surface area (Å²) in [5, 5.41) is 13.4. The molecule has 1 heterocycles. The van der Waals surface area contributed by atoms with Crippen molar-refractivity contribution in [1.82, 2.24) is 14.9 Å². The Morgan fingerprint density at radius 3 is 2.89 bits per heavy atom. The van der Waals surface area contributed by atoms with Gasteiger partial charge in [0, 0.05) is 19.2 Å². The molecule has 2 N–H and O–H groups in total. The number of benzene rings is 1. The number of thioether (sulfide) groups is 1. The molecule has 1 aromatic heterocycles. The van der Waals surface area contributed by atoms with E-state index in [9.17, 15) is 9.59 Å². The Labute approximate surface area is 163 Å². The third-order valence-electron chi connectivity index (χ3n) is 5.16. The molecule has 146 valence electrons. The van der Waals surface area contributed by atoms with Crippen LogP contribution in [0.3, 0.4) is 0 Å². The monoisotopic (exact) mass is 389 g/mol. The lowest BCUT2D eigenvalue weighted by Gasteiger charge is -2.29. The number of nitrogens with zero attached hydrogens (tertiary/aromatic N) is 2. The highest BCUT2D eigenvalue weighted by Gasteiger charge is 2.23. The standard InChI is InChI=1S/C20H27N3O3S/c1-14-7-2-4-9-16(14)21-18(25)13-27-20-22-17-10-5-3-8-15(17)19(26)23(20)11-6-12-24/h3,5,8,10,14,16,24H,2,4,6-7,9,11-13H2,1H3,(H,21,25). The molecule has 1 aliphatic carbocycles. The topological polar surface area (TPSA) is 84.2 Å². The van der Waals surface area contributed by atoms with Gasteiger partial charge in [0.2, 0.25) is 5.91 Å². The molecule has 2 atom stereocenters. The van der Waals surface area contributed by atoms with Gasteiger partial charge in [0.1, 0.15) is 0 Å². The number of para-hydroxylation sites is 1. The van der Waals surface area contributed by atoms with E-state index in [4.69, 9.17) is 5.11 Å². The van der Waals surface area contributed by atoms with Gasteiger partial charge < -0.3 is 10.4 Å². The van der Waals surface area contributed by atoms with Crippen LogP contribution in [0.4, 0.5) is 0 Å². The second-order valence-corrected chi connectivity index (χ2v) is 8.11. The number of aliphatic hydroxyl groups is 1. The average Bonchev–Trinajstić information content (AvgIpc) is 2.68. The minimum absolute atomic E-state index is 0.00340. The van der Waals surface area contributed by atoms with Gasteiger partial charge in [-0.05, 0) is 37.3 Å². The van der Waals surface area contributed by atoms with Gasteiger partial charge in [0.25, 0.3) is 5.56 Å². The molecule has 1 saturated carbocycles. The second kappa shape index (κ2) is 9.37. The van der Waals surface area contributed by atoms with Gasteiger partial charge in [0.15, 0.2) is 5.16 Å². The van der Waals surface area contributed by atoms with Crippen LogP contribution in [0.5, 0.6) is 0 Å². The van der Waals surface area contributed by atoms with Crippen LogP contribution in [0.25, 0.3) is 10.9 Å².